The molecule has 0 aromatic heterocycles. The van der Waals surface area contributed by atoms with Gasteiger partial charge in [0.15, 0.2) is 0 Å². The molecule has 0 spiro atoms. The Bertz CT molecular complexity index is 332. The molecule has 2 N–H and O–H groups in total. The fourth-order valence-electron chi connectivity index (χ4n) is 1.36. The van der Waals surface area contributed by atoms with E-state index in [0.29, 0.717) is 5.56 Å². The maximum atomic E-state index is 12.6. The van der Waals surface area contributed by atoms with Crippen molar-refractivity contribution in [3.05, 3.63) is 29.6 Å². The molecule has 6 heteroatoms. The van der Waals surface area contributed by atoms with Crippen LogP contribution in [0.5, 0.6) is 0 Å². The fraction of sp³-hybridized carbons (Fsp3) is 0.143. The normalized spacial score (nSPS) is 17.8. The van der Waals surface area contributed by atoms with Gasteiger partial charge in [-0.15, -0.1) is 5.46 Å². The molecule has 0 bridgehead atoms. The SMILES string of the molecule is O[B-]1(O)OCc2cc(F)ccc21.[K+]. The number of rotatable bonds is 0. The van der Waals surface area contributed by atoms with Gasteiger partial charge in [0.25, 0.3) is 0 Å². The van der Waals surface area contributed by atoms with Crippen molar-refractivity contribution in [2.45, 2.75) is 6.61 Å². The maximum absolute atomic E-state index is 12.6. The Morgan fingerprint density at radius 2 is 2.08 bits per heavy atom. The Morgan fingerprint density at radius 3 is 2.77 bits per heavy atom. The molecule has 0 fully saturated rings. The van der Waals surface area contributed by atoms with Gasteiger partial charge in [-0.05, 0) is 12.1 Å². The van der Waals surface area contributed by atoms with Gasteiger partial charge < -0.3 is 14.7 Å². The fourth-order valence-corrected chi connectivity index (χ4v) is 1.36. The van der Waals surface area contributed by atoms with Gasteiger partial charge in [-0.1, -0.05) is 11.6 Å². The zero-order chi connectivity index (χ0) is 8.77. The first-order valence-electron chi connectivity index (χ1n) is 3.61. The van der Waals surface area contributed by atoms with Gasteiger partial charge in [-0.2, -0.15) is 0 Å². The second-order valence-electron chi connectivity index (χ2n) is 2.86. The molecular weight excluding hydrogens is 201 g/mol. The van der Waals surface area contributed by atoms with Crippen LogP contribution in [0.4, 0.5) is 4.39 Å². The monoisotopic (exact) mass is 208 g/mol. The third kappa shape index (κ3) is 2.21. The molecule has 1 aromatic rings. The van der Waals surface area contributed by atoms with Gasteiger partial charge in [-0.25, -0.2) is 4.39 Å². The molecule has 0 saturated heterocycles. The smallest absolute Gasteiger partial charge is 0.556 e. The van der Waals surface area contributed by atoms with E-state index in [1.807, 2.05) is 0 Å². The van der Waals surface area contributed by atoms with E-state index in [9.17, 15) is 14.4 Å². The maximum Gasteiger partial charge on any atom is 1.00 e. The molecule has 1 aliphatic rings. The van der Waals surface area contributed by atoms with E-state index >= 15 is 0 Å². The summed E-state index contributed by atoms with van der Waals surface area (Å²) in [5, 5.41) is 18.4. The summed E-state index contributed by atoms with van der Waals surface area (Å²) in [6.45, 7) is -2.82. The van der Waals surface area contributed by atoms with Gasteiger partial charge in [0.2, 0.25) is 0 Å². The molecule has 0 amide bonds. The van der Waals surface area contributed by atoms with E-state index in [0.717, 1.165) is 0 Å². The van der Waals surface area contributed by atoms with Crippen LogP contribution in [-0.4, -0.2) is 16.8 Å². The molecule has 1 aromatic carbocycles. The second kappa shape index (κ2) is 4.08. The van der Waals surface area contributed by atoms with Crippen molar-refractivity contribution in [2.75, 3.05) is 0 Å². The first-order chi connectivity index (χ1) is 5.59. The molecule has 64 valence electrons. The molecule has 2 rings (SSSR count). The van der Waals surface area contributed by atoms with Crippen molar-refractivity contribution in [3.63, 3.8) is 0 Å². The van der Waals surface area contributed by atoms with Crippen LogP contribution in [0.15, 0.2) is 18.2 Å². The molecule has 1 aliphatic heterocycles. The molecule has 3 nitrogen and oxygen atoms in total. The first kappa shape index (κ1) is 11.8. The van der Waals surface area contributed by atoms with Crippen LogP contribution in [0.3, 0.4) is 0 Å². The Hall–Kier alpha value is 0.731. The van der Waals surface area contributed by atoms with Crippen LogP contribution in [0.2, 0.25) is 0 Å². The van der Waals surface area contributed by atoms with Gasteiger partial charge in [0.05, 0.1) is 0 Å². The Balaban J connectivity index is 0.000000845. The van der Waals surface area contributed by atoms with E-state index in [1.165, 1.54) is 18.2 Å². The number of hydrogen-bond acceptors (Lipinski definition) is 3. The predicted molar refractivity (Wildman–Crippen MR) is 41.0 cm³/mol. The minimum atomic E-state index is -2.88. The summed E-state index contributed by atoms with van der Waals surface area (Å²) in [6.07, 6.45) is 0. The molecular formula is C7H7BFKO3. The minimum absolute atomic E-state index is 0. The number of benzene rings is 1. The van der Waals surface area contributed by atoms with Crippen LogP contribution in [0, 0.1) is 5.82 Å². The zero-order valence-corrected chi connectivity index (χ0v) is 10.3. The van der Waals surface area contributed by atoms with Gasteiger partial charge >= 0.3 is 58.1 Å². The van der Waals surface area contributed by atoms with Crippen LogP contribution < -0.4 is 56.8 Å². The second-order valence-corrected chi connectivity index (χ2v) is 2.86. The summed E-state index contributed by atoms with van der Waals surface area (Å²) in [4.78, 5) is 0. The minimum Gasteiger partial charge on any atom is -0.556 e. The van der Waals surface area contributed by atoms with Crippen molar-refractivity contribution in [2.24, 2.45) is 0 Å². The van der Waals surface area contributed by atoms with Crippen LogP contribution in [0.25, 0.3) is 0 Å². The average Bonchev–Trinajstić information content (AvgIpc) is 2.27. The van der Waals surface area contributed by atoms with Crippen molar-refractivity contribution in [1.29, 1.82) is 0 Å². The topological polar surface area (TPSA) is 49.7 Å². The van der Waals surface area contributed by atoms with E-state index in [4.69, 9.17) is 0 Å². The van der Waals surface area contributed by atoms with E-state index in [1.54, 1.807) is 0 Å². The molecule has 0 saturated carbocycles. The summed E-state index contributed by atoms with van der Waals surface area (Å²) in [7, 11) is 0. The van der Waals surface area contributed by atoms with Crippen molar-refractivity contribution >= 4 is 12.2 Å². The number of hydrogen-bond donors (Lipinski definition) is 2. The summed E-state index contributed by atoms with van der Waals surface area (Å²) >= 11 is 0. The van der Waals surface area contributed by atoms with Gasteiger partial charge in [0, 0.05) is 6.61 Å². The largest absolute Gasteiger partial charge is 1.00 e. The molecule has 13 heavy (non-hydrogen) atoms. The third-order valence-corrected chi connectivity index (χ3v) is 1.98. The summed E-state index contributed by atoms with van der Waals surface area (Å²) in [5.74, 6) is -0.397. The van der Waals surface area contributed by atoms with Gasteiger partial charge in [-0.3, -0.25) is 0 Å². The van der Waals surface area contributed by atoms with E-state index in [2.05, 4.69) is 4.65 Å². The zero-order valence-electron chi connectivity index (χ0n) is 7.20. The van der Waals surface area contributed by atoms with Crippen molar-refractivity contribution < 1.29 is 70.5 Å². The van der Waals surface area contributed by atoms with Crippen molar-refractivity contribution in [3.8, 4) is 0 Å². The van der Waals surface area contributed by atoms with E-state index < -0.39 is 12.6 Å². The summed E-state index contributed by atoms with van der Waals surface area (Å²) in [6, 6.07) is 3.75. The van der Waals surface area contributed by atoms with Gasteiger partial charge in [0.1, 0.15) is 5.82 Å². The Morgan fingerprint density at radius 1 is 1.38 bits per heavy atom. The molecule has 1 heterocycles. The number of halogens is 1. The van der Waals surface area contributed by atoms with E-state index in [-0.39, 0.29) is 63.5 Å². The Kier molecular flexibility index (Phi) is 3.70. The first-order valence-corrected chi connectivity index (χ1v) is 3.61. The number of fused-ring (bicyclic) bond motifs is 1. The summed E-state index contributed by atoms with van der Waals surface area (Å²) < 4.78 is 17.3. The standard InChI is InChI=1S/C7H7BFO3.K/c9-6-1-2-7-5(3-6)4-12-8(7,10)11;/h1-3,10-11H,4H2;/q-1;+1. The van der Waals surface area contributed by atoms with Crippen LogP contribution in [-0.2, 0) is 11.3 Å². The predicted octanol–water partition coefficient (Wildman–Crippen LogP) is -3.51. The molecule has 0 atom stereocenters. The molecule has 0 unspecified atom stereocenters. The molecule has 0 aliphatic carbocycles. The van der Waals surface area contributed by atoms with Crippen molar-refractivity contribution in [1.82, 2.24) is 0 Å². The van der Waals surface area contributed by atoms with Crippen LogP contribution >= 0.6 is 0 Å². The Labute approximate surface area is 117 Å². The van der Waals surface area contributed by atoms with Crippen LogP contribution in [0.1, 0.15) is 5.56 Å². The molecule has 0 radical (unpaired) electrons. The quantitative estimate of drug-likeness (QED) is 0.435. The average molecular weight is 208 g/mol. The third-order valence-electron chi connectivity index (χ3n) is 1.98. The summed E-state index contributed by atoms with van der Waals surface area (Å²) in [5.41, 5.74) is 0.774.